The van der Waals surface area contributed by atoms with Gasteiger partial charge in [0.2, 0.25) is 0 Å². The SMILES string of the molecule is COc1cc(OC)c(Br)c(-n2c(C(C)N(CC(C)C)C(=O)c3ccc4ccccc4c3)nc3ccccc3c2=O)c1. The largest absolute Gasteiger partial charge is 0.497 e. The Kier molecular flexibility index (Phi) is 8.13. The first-order valence-electron chi connectivity index (χ1n) is 13.5. The van der Waals surface area contributed by atoms with Gasteiger partial charge in [0.1, 0.15) is 17.3 Å². The first kappa shape index (κ1) is 28.4. The second-order valence-electron chi connectivity index (χ2n) is 10.4. The quantitative estimate of drug-likeness (QED) is 0.185. The number of ether oxygens (including phenoxy) is 2. The molecule has 5 rings (SSSR count). The van der Waals surface area contributed by atoms with Crippen LogP contribution >= 0.6 is 15.9 Å². The van der Waals surface area contributed by atoms with Crippen molar-refractivity contribution in [2.45, 2.75) is 26.8 Å². The Hall–Kier alpha value is -4.17. The monoisotopic (exact) mass is 613 g/mol. The van der Waals surface area contributed by atoms with Gasteiger partial charge < -0.3 is 14.4 Å². The highest BCUT2D eigenvalue weighted by Crippen LogP contribution is 2.37. The van der Waals surface area contributed by atoms with E-state index in [0.717, 1.165) is 10.8 Å². The molecule has 210 valence electrons. The molecular formula is C33H32BrN3O4. The minimum atomic E-state index is -0.558. The van der Waals surface area contributed by atoms with Gasteiger partial charge in [0.05, 0.1) is 41.3 Å². The summed E-state index contributed by atoms with van der Waals surface area (Å²) in [5.41, 5.74) is 1.39. The van der Waals surface area contributed by atoms with Crippen molar-refractivity contribution in [3.05, 3.63) is 105 Å². The molecule has 8 heteroatoms. The lowest BCUT2D eigenvalue weighted by Gasteiger charge is -2.32. The molecule has 0 saturated heterocycles. The zero-order valence-corrected chi connectivity index (χ0v) is 25.3. The molecule has 0 saturated carbocycles. The number of carbonyl (C=O) groups excluding carboxylic acids is 1. The maximum absolute atomic E-state index is 14.2. The van der Waals surface area contributed by atoms with Gasteiger partial charge in [-0.2, -0.15) is 0 Å². The van der Waals surface area contributed by atoms with Crippen LogP contribution in [0.25, 0.3) is 27.4 Å². The molecule has 1 amide bonds. The molecule has 5 aromatic rings. The summed E-state index contributed by atoms with van der Waals surface area (Å²) in [7, 11) is 3.12. The second-order valence-corrected chi connectivity index (χ2v) is 11.2. The average Bonchev–Trinajstić information content (AvgIpc) is 2.99. The summed E-state index contributed by atoms with van der Waals surface area (Å²) >= 11 is 3.64. The molecular weight excluding hydrogens is 582 g/mol. The Labute approximate surface area is 247 Å². The van der Waals surface area contributed by atoms with E-state index in [4.69, 9.17) is 14.5 Å². The highest BCUT2D eigenvalue weighted by atomic mass is 79.9. The molecule has 0 spiro atoms. The Balaban J connectivity index is 1.73. The van der Waals surface area contributed by atoms with Gasteiger partial charge in [0.25, 0.3) is 11.5 Å². The van der Waals surface area contributed by atoms with E-state index in [1.54, 1.807) is 41.9 Å². The Morgan fingerprint density at radius 2 is 1.63 bits per heavy atom. The van der Waals surface area contributed by atoms with E-state index in [1.807, 2.05) is 67.6 Å². The number of para-hydroxylation sites is 1. The van der Waals surface area contributed by atoms with Crippen molar-refractivity contribution in [3.63, 3.8) is 0 Å². The molecule has 1 unspecified atom stereocenters. The fourth-order valence-electron chi connectivity index (χ4n) is 5.09. The molecule has 7 nitrogen and oxygen atoms in total. The number of benzene rings is 4. The van der Waals surface area contributed by atoms with Gasteiger partial charge in [0.15, 0.2) is 0 Å². The van der Waals surface area contributed by atoms with Crippen molar-refractivity contribution in [1.82, 2.24) is 14.5 Å². The predicted octanol–water partition coefficient (Wildman–Crippen LogP) is 7.18. The maximum Gasteiger partial charge on any atom is 0.266 e. The number of fused-ring (bicyclic) bond motifs is 2. The minimum absolute atomic E-state index is 0.131. The van der Waals surface area contributed by atoms with Crippen LogP contribution in [-0.2, 0) is 0 Å². The van der Waals surface area contributed by atoms with Gasteiger partial charge in [0, 0.05) is 24.2 Å². The lowest BCUT2D eigenvalue weighted by Crippen LogP contribution is -2.39. The minimum Gasteiger partial charge on any atom is -0.497 e. The van der Waals surface area contributed by atoms with Crippen LogP contribution < -0.4 is 15.0 Å². The Morgan fingerprint density at radius 3 is 2.34 bits per heavy atom. The highest BCUT2D eigenvalue weighted by molar-refractivity contribution is 9.10. The average molecular weight is 615 g/mol. The van der Waals surface area contributed by atoms with Crippen LogP contribution in [0.15, 0.2) is 88.1 Å². The molecule has 1 atom stereocenters. The van der Waals surface area contributed by atoms with Gasteiger partial charge in [-0.25, -0.2) is 4.98 Å². The summed E-state index contributed by atoms with van der Waals surface area (Å²) in [6.45, 7) is 6.52. The van der Waals surface area contributed by atoms with Crippen molar-refractivity contribution in [2.75, 3.05) is 20.8 Å². The molecule has 4 aromatic carbocycles. The van der Waals surface area contributed by atoms with Crippen molar-refractivity contribution < 1.29 is 14.3 Å². The number of halogens is 1. The van der Waals surface area contributed by atoms with Gasteiger partial charge in [-0.05, 0) is 63.8 Å². The van der Waals surface area contributed by atoms with E-state index in [2.05, 4.69) is 29.8 Å². The summed E-state index contributed by atoms with van der Waals surface area (Å²) in [6, 6.07) is 23.9. The molecule has 1 aromatic heterocycles. The van der Waals surface area contributed by atoms with Crippen LogP contribution in [0.5, 0.6) is 11.5 Å². The standard InChI is InChI=1S/C33H32BrN3O4/c1-20(2)19-36(32(38)24-15-14-22-10-6-7-11-23(22)16-24)21(3)31-35-27-13-9-8-12-26(27)33(39)37(31)28-17-25(40-4)18-29(41-5)30(28)34/h6-18,20-21H,19H2,1-5H3. The van der Waals surface area contributed by atoms with Crippen LogP contribution in [0.3, 0.4) is 0 Å². The summed E-state index contributed by atoms with van der Waals surface area (Å²) < 4.78 is 13.2. The lowest BCUT2D eigenvalue weighted by atomic mass is 10.0. The van der Waals surface area contributed by atoms with Gasteiger partial charge in [-0.15, -0.1) is 0 Å². The van der Waals surface area contributed by atoms with Crippen LogP contribution in [0.2, 0.25) is 0 Å². The predicted molar refractivity (Wildman–Crippen MR) is 166 cm³/mol. The van der Waals surface area contributed by atoms with E-state index in [0.29, 0.717) is 50.5 Å². The number of nitrogens with zero attached hydrogens (tertiary/aromatic N) is 3. The van der Waals surface area contributed by atoms with E-state index >= 15 is 0 Å². The molecule has 41 heavy (non-hydrogen) atoms. The first-order chi connectivity index (χ1) is 19.7. The summed E-state index contributed by atoms with van der Waals surface area (Å²) in [5.74, 6) is 1.49. The van der Waals surface area contributed by atoms with Crippen molar-refractivity contribution in [2.24, 2.45) is 5.92 Å². The maximum atomic E-state index is 14.2. The lowest BCUT2D eigenvalue weighted by molar-refractivity contribution is 0.0655. The zero-order chi connectivity index (χ0) is 29.3. The number of rotatable bonds is 8. The molecule has 0 fully saturated rings. The molecule has 0 N–H and O–H groups in total. The van der Waals surface area contributed by atoms with Crippen LogP contribution in [-0.4, -0.2) is 41.1 Å². The first-order valence-corrected chi connectivity index (χ1v) is 14.3. The Bertz CT molecular complexity index is 1810. The molecule has 0 bridgehead atoms. The van der Waals surface area contributed by atoms with E-state index < -0.39 is 6.04 Å². The highest BCUT2D eigenvalue weighted by Gasteiger charge is 2.29. The number of carbonyl (C=O) groups is 1. The van der Waals surface area contributed by atoms with Gasteiger partial charge >= 0.3 is 0 Å². The van der Waals surface area contributed by atoms with E-state index in [-0.39, 0.29) is 17.4 Å². The molecule has 0 aliphatic heterocycles. The molecule has 0 aliphatic rings. The summed E-state index contributed by atoms with van der Waals surface area (Å²) in [4.78, 5) is 35.1. The molecule has 0 radical (unpaired) electrons. The van der Waals surface area contributed by atoms with Crippen LogP contribution in [0.4, 0.5) is 0 Å². The van der Waals surface area contributed by atoms with Crippen LogP contribution in [0.1, 0.15) is 43.0 Å². The molecule has 0 aliphatic carbocycles. The van der Waals surface area contributed by atoms with Crippen molar-refractivity contribution in [1.29, 1.82) is 0 Å². The summed E-state index contributed by atoms with van der Waals surface area (Å²) in [6.07, 6.45) is 0. The third kappa shape index (κ3) is 5.44. The van der Waals surface area contributed by atoms with E-state index in [9.17, 15) is 9.59 Å². The fraction of sp³-hybridized carbons (Fsp3) is 0.242. The topological polar surface area (TPSA) is 73.7 Å². The number of hydrogen-bond donors (Lipinski definition) is 0. The van der Waals surface area contributed by atoms with Gasteiger partial charge in [-0.1, -0.05) is 56.3 Å². The fourth-order valence-corrected chi connectivity index (χ4v) is 5.66. The summed E-state index contributed by atoms with van der Waals surface area (Å²) in [5, 5.41) is 2.52. The van der Waals surface area contributed by atoms with Crippen molar-refractivity contribution >= 4 is 43.5 Å². The zero-order valence-electron chi connectivity index (χ0n) is 23.7. The molecule has 1 heterocycles. The number of amides is 1. The third-order valence-corrected chi connectivity index (χ3v) is 7.95. The van der Waals surface area contributed by atoms with E-state index in [1.165, 1.54) is 0 Å². The van der Waals surface area contributed by atoms with Gasteiger partial charge in [-0.3, -0.25) is 14.2 Å². The third-order valence-electron chi connectivity index (χ3n) is 7.15. The number of hydrogen-bond acceptors (Lipinski definition) is 5. The number of aromatic nitrogens is 2. The van der Waals surface area contributed by atoms with Crippen LogP contribution in [0, 0.1) is 5.92 Å². The normalized spacial score (nSPS) is 12.1. The van der Waals surface area contributed by atoms with Crippen molar-refractivity contribution in [3.8, 4) is 17.2 Å². The smallest absolute Gasteiger partial charge is 0.266 e. The number of methoxy groups -OCH3 is 2. The second kappa shape index (κ2) is 11.7. The Morgan fingerprint density at radius 1 is 0.927 bits per heavy atom.